The van der Waals surface area contributed by atoms with Gasteiger partial charge in [-0.2, -0.15) is 0 Å². The Labute approximate surface area is 93.8 Å². The molecule has 1 aromatic rings. The second-order valence-electron chi connectivity index (χ2n) is 3.39. The van der Waals surface area contributed by atoms with E-state index in [-0.39, 0.29) is 18.9 Å². The van der Waals surface area contributed by atoms with Crippen molar-refractivity contribution in [2.24, 2.45) is 0 Å². The van der Waals surface area contributed by atoms with E-state index in [1.807, 2.05) is 6.92 Å². The third-order valence-corrected chi connectivity index (χ3v) is 2.16. The van der Waals surface area contributed by atoms with Crippen molar-refractivity contribution < 1.29 is 14.8 Å². The van der Waals surface area contributed by atoms with Gasteiger partial charge in [-0.15, -0.1) is 0 Å². The summed E-state index contributed by atoms with van der Waals surface area (Å²) in [5.41, 5.74) is 0.786. The molecule has 0 bridgehead atoms. The summed E-state index contributed by atoms with van der Waals surface area (Å²) >= 11 is 0. The van der Waals surface area contributed by atoms with Gasteiger partial charge in [0.2, 0.25) is 0 Å². The first-order chi connectivity index (χ1) is 7.70. The predicted molar refractivity (Wildman–Crippen MR) is 59.0 cm³/mol. The molecule has 0 aliphatic carbocycles. The molecular formula is C11H15NO4. The summed E-state index contributed by atoms with van der Waals surface area (Å²) in [5, 5.41) is 19.9. The molecule has 0 unspecified atom stereocenters. The molecule has 0 radical (unpaired) electrons. The molecule has 0 atom stereocenters. The monoisotopic (exact) mass is 225 g/mol. The molecule has 1 aromatic carbocycles. The minimum atomic E-state index is -0.476. The van der Waals surface area contributed by atoms with Crippen LogP contribution < -0.4 is 0 Å². The summed E-state index contributed by atoms with van der Waals surface area (Å²) in [5.74, 6) is 0. The largest absolute Gasteiger partial charge is 0.391 e. The third-order valence-electron chi connectivity index (χ3n) is 2.16. The first-order valence-electron chi connectivity index (χ1n) is 5.14. The van der Waals surface area contributed by atoms with E-state index < -0.39 is 4.92 Å². The summed E-state index contributed by atoms with van der Waals surface area (Å²) < 4.78 is 5.27. The summed E-state index contributed by atoms with van der Waals surface area (Å²) in [6.07, 6.45) is 0.869. The van der Waals surface area contributed by atoms with E-state index in [0.29, 0.717) is 17.7 Å². The molecule has 1 N–H and O–H groups in total. The smallest absolute Gasteiger partial charge is 0.280 e. The molecule has 1 rings (SSSR count). The first-order valence-corrected chi connectivity index (χ1v) is 5.14. The second kappa shape index (κ2) is 6.19. The minimum Gasteiger partial charge on any atom is -0.391 e. The zero-order valence-electron chi connectivity index (χ0n) is 9.18. The lowest BCUT2D eigenvalue weighted by Gasteiger charge is -2.06. The van der Waals surface area contributed by atoms with E-state index in [0.717, 1.165) is 6.42 Å². The fraction of sp³-hybridized carbons (Fsp3) is 0.455. The van der Waals surface area contributed by atoms with E-state index in [4.69, 9.17) is 9.84 Å². The SMILES string of the molecule is CCCOCc1cccc(CO)c1[N+](=O)[O-]. The van der Waals surface area contributed by atoms with E-state index in [9.17, 15) is 10.1 Å². The van der Waals surface area contributed by atoms with E-state index in [1.54, 1.807) is 18.2 Å². The maximum absolute atomic E-state index is 10.9. The highest BCUT2D eigenvalue weighted by atomic mass is 16.6. The fourth-order valence-corrected chi connectivity index (χ4v) is 1.45. The van der Waals surface area contributed by atoms with Crippen molar-refractivity contribution in [2.45, 2.75) is 26.6 Å². The van der Waals surface area contributed by atoms with Crippen molar-refractivity contribution in [1.29, 1.82) is 0 Å². The number of benzene rings is 1. The van der Waals surface area contributed by atoms with Crippen molar-refractivity contribution in [3.8, 4) is 0 Å². The van der Waals surface area contributed by atoms with Crippen LogP contribution in [-0.4, -0.2) is 16.6 Å². The first kappa shape index (κ1) is 12.6. The van der Waals surface area contributed by atoms with Gasteiger partial charge >= 0.3 is 0 Å². The van der Waals surface area contributed by atoms with Gasteiger partial charge < -0.3 is 9.84 Å². The van der Waals surface area contributed by atoms with Crippen molar-refractivity contribution in [2.75, 3.05) is 6.61 Å². The van der Waals surface area contributed by atoms with Gasteiger partial charge in [0.15, 0.2) is 0 Å². The molecule has 16 heavy (non-hydrogen) atoms. The molecule has 0 saturated carbocycles. The Morgan fingerprint density at radius 2 is 2.12 bits per heavy atom. The number of ether oxygens (including phenoxy) is 1. The number of nitro groups is 1. The van der Waals surface area contributed by atoms with Crippen LogP contribution in [0.1, 0.15) is 24.5 Å². The molecular weight excluding hydrogens is 210 g/mol. The van der Waals surface area contributed by atoms with E-state index >= 15 is 0 Å². The summed E-state index contributed by atoms with van der Waals surface area (Å²) in [6, 6.07) is 4.87. The Morgan fingerprint density at radius 3 is 2.69 bits per heavy atom. The Bertz CT molecular complexity index is 365. The maximum atomic E-state index is 10.9. The number of aliphatic hydroxyl groups excluding tert-OH is 1. The predicted octanol–water partition coefficient (Wildman–Crippen LogP) is 2.01. The number of rotatable bonds is 6. The van der Waals surface area contributed by atoms with Crippen LogP contribution in [0.5, 0.6) is 0 Å². The van der Waals surface area contributed by atoms with Crippen LogP contribution in [0.15, 0.2) is 18.2 Å². The summed E-state index contributed by atoms with van der Waals surface area (Å²) in [6.45, 7) is 2.41. The van der Waals surface area contributed by atoms with Crippen LogP contribution in [-0.2, 0) is 18.0 Å². The van der Waals surface area contributed by atoms with Crippen molar-refractivity contribution in [3.05, 3.63) is 39.4 Å². The average Bonchev–Trinajstić information content (AvgIpc) is 2.28. The molecule has 0 aliphatic rings. The maximum Gasteiger partial charge on any atom is 0.280 e. The highest BCUT2D eigenvalue weighted by Gasteiger charge is 2.18. The highest BCUT2D eigenvalue weighted by molar-refractivity contribution is 5.47. The Hall–Kier alpha value is -1.46. The average molecular weight is 225 g/mol. The number of nitro benzene ring substituents is 1. The quantitative estimate of drug-likeness (QED) is 0.456. The molecule has 5 nitrogen and oxygen atoms in total. The van der Waals surface area contributed by atoms with Gasteiger partial charge in [0.1, 0.15) is 0 Å². The Kier molecular flexibility index (Phi) is 4.88. The van der Waals surface area contributed by atoms with Gasteiger partial charge in [-0.05, 0) is 18.6 Å². The third kappa shape index (κ3) is 3.01. The lowest BCUT2D eigenvalue weighted by atomic mass is 10.1. The molecule has 0 spiro atoms. The standard InChI is InChI=1S/C11H15NO4/c1-2-6-16-8-10-5-3-4-9(7-13)11(10)12(14)15/h3-5,13H,2,6-8H2,1H3. The minimum absolute atomic E-state index is 0.0406. The normalized spacial score (nSPS) is 10.4. The molecule has 0 aliphatic heterocycles. The van der Waals surface area contributed by atoms with Crippen LogP contribution in [0, 0.1) is 10.1 Å². The van der Waals surface area contributed by atoms with Gasteiger partial charge in [-0.25, -0.2) is 0 Å². The van der Waals surface area contributed by atoms with E-state index in [1.165, 1.54) is 0 Å². The van der Waals surface area contributed by atoms with Gasteiger partial charge in [0.05, 0.1) is 29.3 Å². The number of nitrogens with zero attached hydrogens (tertiary/aromatic N) is 1. The van der Waals surface area contributed by atoms with E-state index in [2.05, 4.69) is 0 Å². The highest BCUT2D eigenvalue weighted by Crippen LogP contribution is 2.24. The van der Waals surface area contributed by atoms with Crippen molar-refractivity contribution in [3.63, 3.8) is 0 Å². The van der Waals surface area contributed by atoms with Crippen LogP contribution in [0.4, 0.5) is 5.69 Å². The number of para-hydroxylation sites is 1. The molecule has 0 aromatic heterocycles. The topological polar surface area (TPSA) is 72.6 Å². The summed E-state index contributed by atoms with van der Waals surface area (Å²) in [4.78, 5) is 10.4. The lowest BCUT2D eigenvalue weighted by molar-refractivity contribution is -0.386. The number of hydrogen-bond acceptors (Lipinski definition) is 4. The Balaban J connectivity index is 2.93. The number of aliphatic hydroxyl groups is 1. The lowest BCUT2D eigenvalue weighted by Crippen LogP contribution is -2.03. The van der Waals surface area contributed by atoms with Gasteiger partial charge in [-0.1, -0.05) is 13.0 Å². The molecule has 5 heteroatoms. The molecule has 88 valence electrons. The Morgan fingerprint density at radius 1 is 1.44 bits per heavy atom. The molecule has 0 saturated heterocycles. The van der Waals surface area contributed by atoms with Gasteiger partial charge in [0, 0.05) is 6.61 Å². The van der Waals surface area contributed by atoms with Crippen LogP contribution in [0.2, 0.25) is 0 Å². The van der Waals surface area contributed by atoms with Gasteiger partial charge in [0.25, 0.3) is 5.69 Å². The van der Waals surface area contributed by atoms with Crippen LogP contribution in [0.3, 0.4) is 0 Å². The fourth-order valence-electron chi connectivity index (χ4n) is 1.45. The summed E-state index contributed by atoms with van der Waals surface area (Å²) in [7, 11) is 0. The number of hydrogen-bond donors (Lipinski definition) is 1. The molecule has 0 fully saturated rings. The van der Waals surface area contributed by atoms with Gasteiger partial charge in [-0.3, -0.25) is 10.1 Å². The van der Waals surface area contributed by atoms with Crippen molar-refractivity contribution in [1.82, 2.24) is 0 Å². The van der Waals surface area contributed by atoms with Crippen LogP contribution >= 0.6 is 0 Å². The zero-order valence-corrected chi connectivity index (χ0v) is 9.18. The molecule has 0 amide bonds. The molecule has 0 heterocycles. The van der Waals surface area contributed by atoms with Crippen molar-refractivity contribution >= 4 is 5.69 Å². The van der Waals surface area contributed by atoms with Crippen LogP contribution in [0.25, 0.3) is 0 Å². The second-order valence-corrected chi connectivity index (χ2v) is 3.39. The zero-order chi connectivity index (χ0) is 12.0.